The highest BCUT2D eigenvalue weighted by molar-refractivity contribution is 5.94. The van der Waals surface area contributed by atoms with Crippen LogP contribution in [0.1, 0.15) is 18.4 Å². The number of hydrogen-bond acceptors (Lipinski definition) is 2. The average molecular weight is 286 g/mol. The molecular weight excluding hydrogens is 269 g/mol. The Morgan fingerprint density at radius 2 is 2.10 bits per heavy atom. The lowest BCUT2D eigenvalue weighted by Gasteiger charge is -2.30. The van der Waals surface area contributed by atoms with Crippen LogP contribution in [0.5, 0.6) is 0 Å². The van der Waals surface area contributed by atoms with E-state index in [1.807, 2.05) is 25.1 Å². The summed E-state index contributed by atoms with van der Waals surface area (Å²) in [6.45, 7) is 1.71. The zero-order valence-electron chi connectivity index (χ0n) is 11.1. The molecule has 0 aromatic heterocycles. The van der Waals surface area contributed by atoms with Gasteiger partial charge in [0.05, 0.1) is 12.0 Å². The van der Waals surface area contributed by atoms with Crippen LogP contribution in [0.2, 0.25) is 0 Å². The molecule has 0 spiro atoms. The molecule has 1 aromatic carbocycles. The maximum absolute atomic E-state index is 12.5. The van der Waals surface area contributed by atoms with Crippen LogP contribution in [0.4, 0.5) is 18.9 Å². The molecule has 2 unspecified atom stereocenters. The van der Waals surface area contributed by atoms with Crippen molar-refractivity contribution >= 4 is 11.6 Å². The fourth-order valence-electron chi connectivity index (χ4n) is 2.31. The Labute approximate surface area is 115 Å². The van der Waals surface area contributed by atoms with Crippen molar-refractivity contribution in [1.82, 2.24) is 5.32 Å². The van der Waals surface area contributed by atoms with Gasteiger partial charge in [0.25, 0.3) is 0 Å². The van der Waals surface area contributed by atoms with Gasteiger partial charge in [-0.15, -0.1) is 0 Å². The van der Waals surface area contributed by atoms with Gasteiger partial charge in [-0.1, -0.05) is 12.1 Å². The van der Waals surface area contributed by atoms with Gasteiger partial charge < -0.3 is 10.6 Å². The molecule has 2 atom stereocenters. The molecule has 1 saturated heterocycles. The van der Waals surface area contributed by atoms with Crippen LogP contribution in [0.25, 0.3) is 0 Å². The van der Waals surface area contributed by atoms with Crippen molar-refractivity contribution in [3.63, 3.8) is 0 Å². The first-order valence-corrected chi connectivity index (χ1v) is 6.54. The van der Waals surface area contributed by atoms with Gasteiger partial charge in [0, 0.05) is 12.2 Å². The van der Waals surface area contributed by atoms with E-state index in [1.54, 1.807) is 6.07 Å². The predicted octanol–water partition coefficient (Wildman–Crippen LogP) is 2.86. The number of hydrogen-bond donors (Lipinski definition) is 2. The van der Waals surface area contributed by atoms with Crippen LogP contribution in [0.15, 0.2) is 24.3 Å². The largest absolute Gasteiger partial charge is 0.393 e. The molecule has 1 aromatic rings. The van der Waals surface area contributed by atoms with E-state index < -0.39 is 18.1 Å². The Hall–Kier alpha value is -1.56. The van der Waals surface area contributed by atoms with Gasteiger partial charge in [-0.05, 0) is 37.5 Å². The van der Waals surface area contributed by atoms with Crippen molar-refractivity contribution < 1.29 is 18.0 Å². The Balaban J connectivity index is 1.89. The lowest BCUT2D eigenvalue weighted by molar-refractivity contribution is -0.180. The molecule has 1 aliphatic heterocycles. The summed E-state index contributed by atoms with van der Waals surface area (Å²) < 4.78 is 37.6. The number of anilines is 1. The van der Waals surface area contributed by atoms with E-state index in [9.17, 15) is 18.0 Å². The molecule has 0 radical (unpaired) electrons. The van der Waals surface area contributed by atoms with Crippen LogP contribution in [-0.4, -0.2) is 24.7 Å². The summed E-state index contributed by atoms with van der Waals surface area (Å²) >= 11 is 0. The van der Waals surface area contributed by atoms with Crippen LogP contribution in [-0.2, 0) is 4.79 Å². The van der Waals surface area contributed by atoms with E-state index in [2.05, 4.69) is 10.6 Å². The smallest absolute Gasteiger partial charge is 0.325 e. The van der Waals surface area contributed by atoms with Crippen molar-refractivity contribution in [2.24, 2.45) is 5.92 Å². The number of halogens is 3. The third kappa shape index (κ3) is 3.72. The molecule has 0 saturated carbocycles. The summed E-state index contributed by atoms with van der Waals surface area (Å²) in [4.78, 5) is 12.0. The van der Waals surface area contributed by atoms with Gasteiger partial charge in [0.15, 0.2) is 0 Å². The van der Waals surface area contributed by atoms with Gasteiger partial charge in [0.1, 0.15) is 0 Å². The minimum atomic E-state index is -4.19. The lowest BCUT2D eigenvalue weighted by Crippen LogP contribution is -2.49. The normalized spacial score (nSPS) is 23.4. The maximum atomic E-state index is 12.5. The summed E-state index contributed by atoms with van der Waals surface area (Å²) in [5.74, 6) is -1.64. The fourth-order valence-corrected chi connectivity index (χ4v) is 2.31. The van der Waals surface area contributed by atoms with E-state index in [-0.39, 0.29) is 25.3 Å². The molecule has 0 aliphatic carbocycles. The summed E-state index contributed by atoms with van der Waals surface area (Å²) in [6.07, 6.45) is -4.00. The number of amides is 1. The molecular formula is C14H17F3N2O. The lowest BCUT2D eigenvalue weighted by atomic mass is 9.94. The quantitative estimate of drug-likeness (QED) is 0.877. The number of rotatable bonds is 2. The first-order chi connectivity index (χ1) is 9.36. The Kier molecular flexibility index (Phi) is 4.32. The molecule has 3 nitrogen and oxygen atoms in total. The minimum absolute atomic E-state index is 0.0115. The number of aryl methyl sites for hydroxylation is 1. The van der Waals surface area contributed by atoms with Crippen LogP contribution in [0.3, 0.4) is 0 Å². The predicted molar refractivity (Wildman–Crippen MR) is 70.4 cm³/mol. The Bertz CT molecular complexity index is 480. The first-order valence-electron chi connectivity index (χ1n) is 6.54. The molecule has 2 N–H and O–H groups in total. The summed E-state index contributed by atoms with van der Waals surface area (Å²) in [6, 6.07) is 6.74. The van der Waals surface area contributed by atoms with Crippen molar-refractivity contribution in [2.45, 2.75) is 32.0 Å². The summed E-state index contributed by atoms with van der Waals surface area (Å²) in [5.41, 5.74) is 1.67. The third-order valence-electron chi connectivity index (χ3n) is 3.48. The zero-order chi connectivity index (χ0) is 14.8. The second-order valence-electron chi connectivity index (χ2n) is 5.14. The molecule has 110 valence electrons. The summed E-state index contributed by atoms with van der Waals surface area (Å²) in [7, 11) is 0. The molecule has 1 fully saturated rings. The third-order valence-corrected chi connectivity index (χ3v) is 3.48. The Morgan fingerprint density at radius 3 is 2.65 bits per heavy atom. The fraction of sp³-hybridized carbons (Fsp3) is 0.500. The van der Waals surface area contributed by atoms with E-state index in [0.717, 1.165) is 5.56 Å². The van der Waals surface area contributed by atoms with Crippen molar-refractivity contribution in [3.05, 3.63) is 29.8 Å². The number of carbonyl (C=O) groups is 1. The molecule has 6 heteroatoms. The van der Waals surface area contributed by atoms with Gasteiger partial charge in [0.2, 0.25) is 5.91 Å². The number of piperidine rings is 1. The number of nitrogens with one attached hydrogen (secondary N) is 2. The van der Waals surface area contributed by atoms with Crippen molar-refractivity contribution in [2.75, 3.05) is 11.9 Å². The topological polar surface area (TPSA) is 41.1 Å². The number of alkyl halides is 3. The molecule has 1 heterocycles. The van der Waals surface area contributed by atoms with Gasteiger partial charge in [-0.25, -0.2) is 0 Å². The highest BCUT2D eigenvalue weighted by atomic mass is 19.4. The van der Waals surface area contributed by atoms with E-state index in [4.69, 9.17) is 0 Å². The van der Waals surface area contributed by atoms with Gasteiger partial charge in [-0.3, -0.25) is 4.79 Å². The highest BCUT2D eigenvalue weighted by Gasteiger charge is 2.42. The van der Waals surface area contributed by atoms with E-state index >= 15 is 0 Å². The number of carbonyl (C=O) groups excluding carboxylic acids is 1. The molecule has 20 heavy (non-hydrogen) atoms. The van der Waals surface area contributed by atoms with Crippen LogP contribution >= 0.6 is 0 Å². The van der Waals surface area contributed by atoms with Gasteiger partial charge in [-0.2, -0.15) is 13.2 Å². The van der Waals surface area contributed by atoms with Crippen molar-refractivity contribution in [3.8, 4) is 0 Å². The first kappa shape index (κ1) is 14.8. The summed E-state index contributed by atoms with van der Waals surface area (Å²) in [5, 5.41) is 5.40. The van der Waals surface area contributed by atoms with Crippen LogP contribution in [0, 0.1) is 12.8 Å². The standard InChI is InChI=1S/C14H17F3N2O/c1-9-3-2-4-11(7-9)19-13(20)12-6-5-10(8-18-12)14(15,16)17/h2-4,7,10,12,18H,5-6,8H2,1H3,(H,19,20). The van der Waals surface area contributed by atoms with Crippen LogP contribution < -0.4 is 10.6 Å². The second-order valence-corrected chi connectivity index (χ2v) is 5.14. The number of benzene rings is 1. The highest BCUT2D eigenvalue weighted by Crippen LogP contribution is 2.32. The maximum Gasteiger partial charge on any atom is 0.393 e. The zero-order valence-corrected chi connectivity index (χ0v) is 11.1. The average Bonchev–Trinajstić information content (AvgIpc) is 2.38. The Morgan fingerprint density at radius 1 is 1.35 bits per heavy atom. The van der Waals surface area contributed by atoms with Gasteiger partial charge >= 0.3 is 6.18 Å². The van der Waals surface area contributed by atoms with Crippen molar-refractivity contribution in [1.29, 1.82) is 0 Å². The SMILES string of the molecule is Cc1cccc(NC(=O)C2CCC(C(F)(F)F)CN2)c1. The van der Waals surface area contributed by atoms with E-state index in [1.165, 1.54) is 0 Å². The molecule has 1 amide bonds. The molecule has 1 aliphatic rings. The van der Waals surface area contributed by atoms with E-state index in [0.29, 0.717) is 5.69 Å². The molecule has 2 rings (SSSR count). The minimum Gasteiger partial charge on any atom is -0.325 e. The second kappa shape index (κ2) is 5.83. The molecule has 0 bridgehead atoms. The monoisotopic (exact) mass is 286 g/mol.